The minimum atomic E-state index is -0.701. The zero-order valence-electron chi connectivity index (χ0n) is 27.1. The fourth-order valence-corrected chi connectivity index (χ4v) is 7.65. The number of hydrogen-bond acceptors (Lipinski definition) is 7. The van der Waals surface area contributed by atoms with E-state index in [1.165, 1.54) is 0 Å². The van der Waals surface area contributed by atoms with Gasteiger partial charge in [-0.05, 0) is 72.7 Å². The van der Waals surface area contributed by atoms with Crippen LogP contribution in [-0.4, -0.2) is 53.3 Å². The van der Waals surface area contributed by atoms with E-state index in [1.807, 2.05) is 66.7 Å². The number of ether oxygens (including phenoxy) is 3. The number of hydrogen-bond donors (Lipinski definition) is 1. The highest BCUT2D eigenvalue weighted by Crippen LogP contribution is 2.43. The normalized spacial score (nSPS) is 21.0. The van der Waals surface area contributed by atoms with Gasteiger partial charge in [0, 0.05) is 52.7 Å². The molecule has 47 heavy (non-hydrogen) atoms. The largest absolute Gasteiger partial charge is 0.496 e. The van der Waals surface area contributed by atoms with E-state index in [2.05, 4.69) is 36.3 Å². The van der Waals surface area contributed by atoms with Crippen molar-refractivity contribution in [1.82, 2.24) is 14.9 Å². The van der Waals surface area contributed by atoms with E-state index in [0.717, 1.165) is 81.4 Å². The number of rotatable bonds is 11. The van der Waals surface area contributed by atoms with Crippen LogP contribution in [0.15, 0.2) is 92.0 Å². The first-order valence-electron chi connectivity index (χ1n) is 16.3. The summed E-state index contributed by atoms with van der Waals surface area (Å²) in [4.78, 5) is 12.4. The molecule has 0 radical (unpaired) electrons. The van der Waals surface area contributed by atoms with E-state index in [4.69, 9.17) is 24.2 Å². The first kappa shape index (κ1) is 30.9. The summed E-state index contributed by atoms with van der Waals surface area (Å²) in [6.45, 7) is 10.4. The van der Waals surface area contributed by atoms with Crippen LogP contribution in [0.4, 0.5) is 0 Å². The first-order chi connectivity index (χ1) is 23.0. The second-order valence-corrected chi connectivity index (χ2v) is 12.6. The third-order valence-corrected chi connectivity index (χ3v) is 10.0. The van der Waals surface area contributed by atoms with Crippen LogP contribution in [0.2, 0.25) is 0 Å². The Morgan fingerprint density at radius 1 is 0.936 bits per heavy atom. The molecule has 7 nitrogen and oxygen atoms in total. The molecule has 5 aromatic rings. The molecule has 8 rings (SSSR count). The van der Waals surface area contributed by atoms with Gasteiger partial charge >= 0.3 is 0 Å². The number of pyridine rings is 2. The molecule has 0 aliphatic carbocycles. The van der Waals surface area contributed by atoms with Gasteiger partial charge in [0.05, 0.1) is 31.4 Å². The minimum Gasteiger partial charge on any atom is -0.496 e. The molecular formula is C40H41N3O4. The van der Waals surface area contributed by atoms with E-state index in [9.17, 15) is 5.11 Å². The monoisotopic (exact) mass is 627 g/mol. The standard InChI is InChI=1S/C40H41N3O4/c1-5-25-23-43-18-17-26(25)20-35(43)40(44)32-22-29(41-34-15-16-37(46-4)30(6-2)39(32)34)19-28-21-38(42-33-13-9-8-12-31(28)33)47-24-27-11-7-10-14-36(27)45-3/h5-16,21-22,25-26,35,40,44H,1-2,17-20,23-24H2,3-4H3/t25-,26?,35-,40+/m0/s1. The van der Waals surface area contributed by atoms with Crippen LogP contribution >= 0.6 is 0 Å². The molecule has 5 atom stereocenters. The minimum absolute atomic E-state index is 0.0176. The molecule has 7 heteroatoms. The maximum atomic E-state index is 12.2. The molecule has 3 saturated heterocycles. The lowest BCUT2D eigenvalue weighted by molar-refractivity contribution is -0.0445. The Morgan fingerprint density at radius 3 is 2.51 bits per heavy atom. The summed E-state index contributed by atoms with van der Waals surface area (Å²) in [5.74, 6) is 3.03. The number of fused-ring (bicyclic) bond motifs is 5. The zero-order valence-corrected chi connectivity index (χ0v) is 27.1. The smallest absolute Gasteiger partial charge is 0.214 e. The number of para-hydroxylation sites is 2. The molecule has 0 amide bonds. The number of methoxy groups -OCH3 is 2. The van der Waals surface area contributed by atoms with Crippen LogP contribution in [0.3, 0.4) is 0 Å². The number of benzene rings is 3. The summed E-state index contributed by atoms with van der Waals surface area (Å²) < 4.78 is 17.5. The second-order valence-electron chi connectivity index (χ2n) is 12.6. The van der Waals surface area contributed by atoms with Gasteiger partial charge in [0.2, 0.25) is 5.88 Å². The molecule has 3 fully saturated rings. The Bertz CT molecular complexity index is 1960. The van der Waals surface area contributed by atoms with Crippen molar-refractivity contribution in [2.75, 3.05) is 27.3 Å². The highest BCUT2D eigenvalue weighted by Gasteiger charge is 2.42. The molecule has 2 aromatic heterocycles. The van der Waals surface area contributed by atoms with Crippen molar-refractivity contribution >= 4 is 27.9 Å². The third kappa shape index (κ3) is 5.86. The lowest BCUT2D eigenvalue weighted by Crippen LogP contribution is -2.54. The maximum Gasteiger partial charge on any atom is 0.214 e. The maximum absolute atomic E-state index is 12.2. The predicted molar refractivity (Wildman–Crippen MR) is 187 cm³/mol. The SMILES string of the molecule is C=Cc1c(OC)ccc2nc(Cc3cc(OCc4ccccc4OC)nc4ccccc34)cc([C@@H](O)[C@@H]3CC4CCN3C[C@@H]4C=C)c12. The molecule has 3 aliphatic heterocycles. The Hall–Kier alpha value is -4.72. The van der Waals surface area contributed by atoms with Crippen LogP contribution in [-0.2, 0) is 13.0 Å². The molecular weight excluding hydrogens is 586 g/mol. The number of aromatic nitrogens is 2. The number of aliphatic hydroxyl groups excluding tert-OH is 1. The molecule has 240 valence electrons. The average molecular weight is 628 g/mol. The van der Waals surface area contributed by atoms with Gasteiger partial charge in [0.1, 0.15) is 18.1 Å². The third-order valence-electron chi connectivity index (χ3n) is 10.0. The average Bonchev–Trinajstić information content (AvgIpc) is 3.12. The van der Waals surface area contributed by atoms with Crippen molar-refractivity contribution in [1.29, 1.82) is 0 Å². The zero-order chi connectivity index (χ0) is 32.5. The van der Waals surface area contributed by atoms with Crippen molar-refractivity contribution in [2.24, 2.45) is 11.8 Å². The van der Waals surface area contributed by atoms with Crippen LogP contribution in [0, 0.1) is 11.8 Å². The Morgan fingerprint density at radius 2 is 1.74 bits per heavy atom. The van der Waals surface area contributed by atoms with E-state index >= 15 is 0 Å². The van der Waals surface area contributed by atoms with Gasteiger partial charge in [0.25, 0.3) is 0 Å². The summed E-state index contributed by atoms with van der Waals surface area (Å²) in [6, 6.07) is 23.9. The molecule has 0 spiro atoms. The predicted octanol–water partition coefficient (Wildman–Crippen LogP) is 7.54. The van der Waals surface area contributed by atoms with Gasteiger partial charge in [0.15, 0.2) is 0 Å². The van der Waals surface area contributed by atoms with Gasteiger partial charge in [-0.25, -0.2) is 4.98 Å². The van der Waals surface area contributed by atoms with Crippen molar-refractivity contribution < 1.29 is 19.3 Å². The summed E-state index contributed by atoms with van der Waals surface area (Å²) in [7, 11) is 3.32. The topological polar surface area (TPSA) is 76.9 Å². The Kier molecular flexibility index (Phi) is 8.67. The van der Waals surface area contributed by atoms with Crippen LogP contribution in [0.1, 0.15) is 46.9 Å². The molecule has 1 N–H and O–H groups in total. The molecule has 2 unspecified atom stereocenters. The van der Waals surface area contributed by atoms with E-state index < -0.39 is 6.10 Å². The Balaban J connectivity index is 1.29. The summed E-state index contributed by atoms with van der Waals surface area (Å²) in [6.07, 6.45) is 5.81. The van der Waals surface area contributed by atoms with Crippen molar-refractivity contribution in [3.8, 4) is 17.4 Å². The van der Waals surface area contributed by atoms with Crippen molar-refractivity contribution in [3.05, 3.63) is 120 Å². The second kappa shape index (κ2) is 13.2. The summed E-state index contributed by atoms with van der Waals surface area (Å²) >= 11 is 0. The highest BCUT2D eigenvalue weighted by atomic mass is 16.5. The van der Waals surface area contributed by atoms with E-state index in [0.29, 0.717) is 36.5 Å². The van der Waals surface area contributed by atoms with Crippen molar-refractivity contribution in [3.63, 3.8) is 0 Å². The lowest BCUT2D eigenvalue weighted by atomic mass is 9.73. The quantitative estimate of drug-likeness (QED) is 0.152. The van der Waals surface area contributed by atoms with Crippen LogP contribution < -0.4 is 14.2 Å². The summed E-state index contributed by atoms with van der Waals surface area (Å²) in [5, 5.41) is 14.1. The van der Waals surface area contributed by atoms with Gasteiger partial charge in [-0.3, -0.25) is 9.88 Å². The molecule has 0 saturated carbocycles. The van der Waals surface area contributed by atoms with Gasteiger partial charge in [-0.1, -0.05) is 55.1 Å². The van der Waals surface area contributed by atoms with Crippen molar-refractivity contribution in [2.45, 2.75) is 38.0 Å². The fraction of sp³-hybridized carbons (Fsp3) is 0.300. The van der Waals surface area contributed by atoms with E-state index in [-0.39, 0.29) is 6.04 Å². The first-order valence-corrected chi connectivity index (χ1v) is 16.3. The molecule has 3 aliphatic rings. The molecule has 5 heterocycles. The lowest BCUT2D eigenvalue weighted by Gasteiger charge is -2.50. The number of nitrogens with zero attached hydrogens (tertiary/aromatic N) is 3. The molecule has 3 aromatic carbocycles. The Labute approximate surface area is 276 Å². The van der Waals surface area contributed by atoms with E-state index in [1.54, 1.807) is 14.2 Å². The number of piperidine rings is 3. The number of aliphatic hydroxyl groups is 1. The van der Waals surface area contributed by atoms with Crippen LogP contribution in [0.25, 0.3) is 27.9 Å². The fourth-order valence-electron chi connectivity index (χ4n) is 7.65. The summed E-state index contributed by atoms with van der Waals surface area (Å²) in [5.41, 5.74) is 6.21. The molecule has 2 bridgehead atoms. The highest BCUT2D eigenvalue weighted by molar-refractivity contribution is 5.94. The van der Waals surface area contributed by atoms with Gasteiger partial charge in [-0.15, -0.1) is 6.58 Å². The van der Waals surface area contributed by atoms with Gasteiger partial charge in [-0.2, -0.15) is 0 Å². The van der Waals surface area contributed by atoms with Crippen LogP contribution in [0.5, 0.6) is 17.4 Å². The van der Waals surface area contributed by atoms with Gasteiger partial charge < -0.3 is 19.3 Å².